The second-order valence-electron chi connectivity index (χ2n) is 3.37. The molecule has 0 aliphatic carbocycles. The molecule has 2 heterocycles. The lowest BCUT2D eigenvalue weighted by molar-refractivity contribution is 0.229. The first-order valence-corrected chi connectivity index (χ1v) is 4.47. The van der Waals surface area contributed by atoms with Gasteiger partial charge in [0.25, 0.3) is 0 Å². The molecule has 70 valence electrons. The van der Waals surface area contributed by atoms with Crippen LogP contribution in [-0.4, -0.2) is 16.1 Å². The third-order valence-corrected chi connectivity index (χ3v) is 1.94. The summed E-state index contributed by atoms with van der Waals surface area (Å²) in [5, 5.41) is 3.22. The van der Waals surface area contributed by atoms with Crippen molar-refractivity contribution < 1.29 is 4.74 Å². The number of nitrogens with one attached hydrogen (secondary N) is 1. The van der Waals surface area contributed by atoms with Crippen LogP contribution in [0, 0.1) is 0 Å². The molecule has 0 aromatic carbocycles. The van der Waals surface area contributed by atoms with Crippen molar-refractivity contribution in [2.75, 3.05) is 0 Å². The quantitative estimate of drug-likeness (QED) is 0.731. The fourth-order valence-corrected chi connectivity index (χ4v) is 1.39. The Hall–Kier alpha value is -1.16. The predicted molar refractivity (Wildman–Crippen MR) is 48.3 cm³/mol. The molecule has 0 spiro atoms. The Morgan fingerprint density at radius 2 is 2.23 bits per heavy atom. The Morgan fingerprint density at radius 3 is 3.00 bits per heavy atom. The Morgan fingerprint density at radius 1 is 1.38 bits per heavy atom. The van der Waals surface area contributed by atoms with Gasteiger partial charge in [-0.1, -0.05) is 0 Å². The maximum atomic E-state index is 5.57. The molecular weight excluding hydrogens is 166 g/mol. The van der Waals surface area contributed by atoms with Crippen LogP contribution < -0.4 is 10.1 Å². The van der Waals surface area contributed by atoms with Gasteiger partial charge >= 0.3 is 0 Å². The number of nitrogens with zero attached hydrogens (tertiary/aromatic N) is 2. The number of aromatic nitrogens is 2. The lowest BCUT2D eigenvalue weighted by atomic mass is 10.2. The van der Waals surface area contributed by atoms with E-state index in [9.17, 15) is 0 Å². The SMILES string of the molecule is CC(C)Oc1ncnc2c1CNC2. The van der Waals surface area contributed by atoms with E-state index in [2.05, 4.69) is 15.3 Å². The largest absolute Gasteiger partial charge is 0.475 e. The van der Waals surface area contributed by atoms with E-state index in [0.29, 0.717) is 0 Å². The van der Waals surface area contributed by atoms with Crippen LogP contribution in [0.3, 0.4) is 0 Å². The minimum atomic E-state index is 0.166. The summed E-state index contributed by atoms with van der Waals surface area (Å²) >= 11 is 0. The summed E-state index contributed by atoms with van der Waals surface area (Å²) in [6, 6.07) is 0. The van der Waals surface area contributed by atoms with E-state index in [-0.39, 0.29) is 6.10 Å². The third-order valence-electron chi connectivity index (χ3n) is 1.94. The zero-order valence-corrected chi connectivity index (χ0v) is 7.87. The highest BCUT2D eigenvalue weighted by atomic mass is 16.5. The van der Waals surface area contributed by atoms with E-state index in [1.165, 1.54) is 0 Å². The fraction of sp³-hybridized carbons (Fsp3) is 0.556. The Kier molecular flexibility index (Phi) is 2.14. The highest BCUT2D eigenvalue weighted by Crippen LogP contribution is 2.22. The molecule has 0 unspecified atom stereocenters. The Labute approximate surface area is 77.4 Å². The van der Waals surface area contributed by atoms with Gasteiger partial charge in [0, 0.05) is 13.1 Å². The van der Waals surface area contributed by atoms with Gasteiger partial charge in [0.05, 0.1) is 17.4 Å². The van der Waals surface area contributed by atoms with Gasteiger partial charge in [0.15, 0.2) is 0 Å². The van der Waals surface area contributed by atoms with Gasteiger partial charge in [-0.2, -0.15) is 0 Å². The second-order valence-corrected chi connectivity index (χ2v) is 3.37. The maximum absolute atomic E-state index is 5.57. The molecule has 13 heavy (non-hydrogen) atoms. The van der Waals surface area contributed by atoms with Crippen molar-refractivity contribution in [2.24, 2.45) is 0 Å². The first-order valence-electron chi connectivity index (χ1n) is 4.47. The van der Waals surface area contributed by atoms with Crippen LogP contribution in [0.5, 0.6) is 5.88 Å². The van der Waals surface area contributed by atoms with Crippen molar-refractivity contribution in [3.8, 4) is 5.88 Å². The van der Waals surface area contributed by atoms with Crippen molar-refractivity contribution >= 4 is 0 Å². The van der Waals surface area contributed by atoms with Crippen molar-refractivity contribution in [1.29, 1.82) is 0 Å². The smallest absolute Gasteiger partial charge is 0.221 e. The number of ether oxygens (including phenoxy) is 1. The van der Waals surface area contributed by atoms with Crippen molar-refractivity contribution in [1.82, 2.24) is 15.3 Å². The molecule has 1 aromatic rings. The molecule has 0 saturated heterocycles. The predicted octanol–water partition coefficient (Wildman–Crippen LogP) is 0.867. The van der Waals surface area contributed by atoms with E-state index in [1.807, 2.05) is 13.8 Å². The molecule has 0 bridgehead atoms. The van der Waals surface area contributed by atoms with Crippen LogP contribution in [0.2, 0.25) is 0 Å². The number of fused-ring (bicyclic) bond motifs is 1. The lowest BCUT2D eigenvalue weighted by Gasteiger charge is -2.10. The first-order chi connectivity index (χ1) is 6.27. The molecule has 1 aromatic heterocycles. The maximum Gasteiger partial charge on any atom is 0.221 e. The van der Waals surface area contributed by atoms with E-state index in [0.717, 1.165) is 30.2 Å². The van der Waals surface area contributed by atoms with E-state index in [1.54, 1.807) is 6.33 Å². The minimum Gasteiger partial charge on any atom is -0.475 e. The zero-order chi connectivity index (χ0) is 9.26. The average Bonchev–Trinajstić information content (AvgIpc) is 2.51. The highest BCUT2D eigenvalue weighted by Gasteiger charge is 2.17. The molecule has 4 heteroatoms. The summed E-state index contributed by atoms with van der Waals surface area (Å²) in [7, 11) is 0. The molecule has 0 fully saturated rings. The molecule has 2 rings (SSSR count). The summed E-state index contributed by atoms with van der Waals surface area (Å²) in [4.78, 5) is 8.29. The summed E-state index contributed by atoms with van der Waals surface area (Å²) < 4.78 is 5.57. The van der Waals surface area contributed by atoms with Crippen molar-refractivity contribution in [3.63, 3.8) is 0 Å². The van der Waals surface area contributed by atoms with Crippen molar-refractivity contribution in [3.05, 3.63) is 17.6 Å². The average molecular weight is 179 g/mol. The van der Waals surface area contributed by atoms with Crippen LogP contribution in [0.1, 0.15) is 25.1 Å². The van der Waals surface area contributed by atoms with E-state index >= 15 is 0 Å². The van der Waals surface area contributed by atoms with Crippen LogP contribution >= 0.6 is 0 Å². The molecular formula is C9H13N3O. The highest BCUT2D eigenvalue weighted by molar-refractivity contribution is 5.32. The summed E-state index contributed by atoms with van der Waals surface area (Å²) in [6.07, 6.45) is 1.73. The molecule has 0 atom stereocenters. The van der Waals surface area contributed by atoms with Gasteiger partial charge in [-0.25, -0.2) is 9.97 Å². The van der Waals surface area contributed by atoms with Crippen LogP contribution in [0.15, 0.2) is 6.33 Å². The van der Waals surface area contributed by atoms with Crippen molar-refractivity contribution in [2.45, 2.75) is 33.0 Å². The normalized spacial score (nSPS) is 14.7. The first kappa shape index (κ1) is 8.44. The second kappa shape index (κ2) is 3.30. The number of rotatable bonds is 2. The molecule has 0 saturated carbocycles. The number of hydrogen-bond donors (Lipinski definition) is 1. The monoisotopic (exact) mass is 179 g/mol. The number of hydrogen-bond acceptors (Lipinski definition) is 4. The van der Waals surface area contributed by atoms with E-state index < -0.39 is 0 Å². The molecule has 1 N–H and O–H groups in total. The standard InChI is InChI=1S/C9H13N3O/c1-6(2)13-9-7-3-10-4-8(7)11-5-12-9/h5-6,10H,3-4H2,1-2H3. The van der Waals surface area contributed by atoms with Gasteiger partial charge in [0.1, 0.15) is 6.33 Å². The minimum absolute atomic E-state index is 0.166. The fourth-order valence-electron chi connectivity index (χ4n) is 1.39. The molecule has 1 aliphatic heterocycles. The molecule has 1 aliphatic rings. The van der Waals surface area contributed by atoms with Crippen LogP contribution in [0.4, 0.5) is 0 Å². The Bertz CT molecular complexity index is 312. The molecule has 0 amide bonds. The van der Waals surface area contributed by atoms with Gasteiger partial charge < -0.3 is 10.1 Å². The summed E-state index contributed by atoms with van der Waals surface area (Å²) in [5.74, 6) is 0.727. The summed E-state index contributed by atoms with van der Waals surface area (Å²) in [5.41, 5.74) is 2.17. The lowest BCUT2D eigenvalue weighted by Crippen LogP contribution is -2.09. The Balaban J connectivity index is 2.30. The van der Waals surface area contributed by atoms with E-state index in [4.69, 9.17) is 4.74 Å². The van der Waals surface area contributed by atoms with Gasteiger partial charge in [-0.15, -0.1) is 0 Å². The summed E-state index contributed by atoms with van der Waals surface area (Å²) in [6.45, 7) is 5.64. The van der Waals surface area contributed by atoms with Crippen LogP contribution in [0.25, 0.3) is 0 Å². The molecule has 4 nitrogen and oxygen atoms in total. The molecule has 0 radical (unpaired) electrons. The van der Waals surface area contributed by atoms with Gasteiger partial charge in [0.2, 0.25) is 5.88 Å². The van der Waals surface area contributed by atoms with Crippen LogP contribution in [-0.2, 0) is 13.1 Å². The third kappa shape index (κ3) is 1.62. The zero-order valence-electron chi connectivity index (χ0n) is 7.87. The van der Waals surface area contributed by atoms with Gasteiger partial charge in [-0.05, 0) is 13.8 Å². The topological polar surface area (TPSA) is 47.0 Å². The van der Waals surface area contributed by atoms with Gasteiger partial charge in [-0.3, -0.25) is 0 Å².